The Labute approximate surface area is 185 Å². The van der Waals surface area contributed by atoms with Crippen LogP contribution < -0.4 is 10.1 Å². The van der Waals surface area contributed by atoms with Crippen molar-refractivity contribution >= 4 is 11.7 Å². The highest BCUT2D eigenvalue weighted by atomic mass is 19.4. The van der Waals surface area contributed by atoms with Crippen molar-refractivity contribution in [1.82, 2.24) is 9.47 Å². The summed E-state index contributed by atoms with van der Waals surface area (Å²) < 4.78 is 48.9. The van der Waals surface area contributed by atoms with Crippen LogP contribution in [0.1, 0.15) is 28.8 Å². The first kappa shape index (κ1) is 25.2. The molecular weight excluding hydrogens is 425 g/mol. The van der Waals surface area contributed by atoms with E-state index in [1.54, 1.807) is 25.1 Å². The van der Waals surface area contributed by atoms with Crippen LogP contribution in [0.15, 0.2) is 24.3 Å². The molecule has 0 aliphatic carbocycles. The van der Waals surface area contributed by atoms with Gasteiger partial charge >= 0.3 is 6.36 Å². The van der Waals surface area contributed by atoms with Crippen LogP contribution in [0, 0.1) is 25.2 Å². The van der Waals surface area contributed by atoms with E-state index in [0.717, 1.165) is 11.3 Å². The van der Waals surface area contributed by atoms with Crippen LogP contribution in [0.5, 0.6) is 5.75 Å². The number of nitrogens with zero attached hydrogens (tertiary/aromatic N) is 3. The van der Waals surface area contributed by atoms with E-state index in [1.165, 1.54) is 18.2 Å². The number of amides is 1. The molecule has 0 bridgehead atoms. The third-order valence-corrected chi connectivity index (χ3v) is 4.98. The molecule has 0 aliphatic rings. The summed E-state index contributed by atoms with van der Waals surface area (Å²) in [5.41, 5.74) is 2.35. The van der Waals surface area contributed by atoms with Crippen molar-refractivity contribution in [2.45, 2.75) is 39.7 Å². The average Bonchev–Trinajstić information content (AvgIpc) is 2.92. The van der Waals surface area contributed by atoms with Gasteiger partial charge in [-0.2, -0.15) is 5.26 Å². The molecule has 0 unspecified atom stereocenters. The fraction of sp³-hybridized carbons (Fsp3) is 0.455. The summed E-state index contributed by atoms with van der Waals surface area (Å²) in [4.78, 5) is 14.3. The Morgan fingerprint density at radius 1 is 1.28 bits per heavy atom. The summed E-state index contributed by atoms with van der Waals surface area (Å²) in [5.74, 6) is -0.279. The monoisotopic (exact) mass is 452 g/mol. The third kappa shape index (κ3) is 6.73. The predicted molar refractivity (Wildman–Crippen MR) is 113 cm³/mol. The molecule has 0 radical (unpaired) electrons. The number of methoxy groups -OCH3 is 1. The molecule has 1 aromatic carbocycles. The number of hydrogen-bond acceptors (Lipinski definition) is 5. The number of halogens is 3. The molecule has 1 heterocycles. The van der Waals surface area contributed by atoms with Crippen molar-refractivity contribution in [2.75, 3.05) is 32.6 Å². The first-order chi connectivity index (χ1) is 15.1. The second-order valence-corrected chi connectivity index (χ2v) is 7.42. The fourth-order valence-electron chi connectivity index (χ4n) is 3.40. The minimum absolute atomic E-state index is 0.0671. The molecule has 1 N–H and O–H groups in total. The number of para-hydroxylation sites is 1. The Morgan fingerprint density at radius 2 is 1.97 bits per heavy atom. The average molecular weight is 452 g/mol. The van der Waals surface area contributed by atoms with Gasteiger partial charge in [-0.15, -0.1) is 13.2 Å². The van der Waals surface area contributed by atoms with Crippen LogP contribution in [0.4, 0.5) is 19.0 Å². The summed E-state index contributed by atoms with van der Waals surface area (Å²) in [7, 11) is 3.22. The molecule has 1 aromatic heterocycles. The standard InChI is InChI=1S/C22H27F3N4O3/c1-15-16(2)29(10-7-11-31-4)21(18(15)12-26)27-20(30)14-28(3)13-17-8-5-6-9-19(17)32-22(23,24)25/h5-6,8-9H,7,10-11,13-14H2,1-4H3,(H,27,30). The quantitative estimate of drug-likeness (QED) is 0.552. The zero-order valence-electron chi connectivity index (χ0n) is 18.5. The van der Waals surface area contributed by atoms with Crippen LogP contribution >= 0.6 is 0 Å². The van der Waals surface area contributed by atoms with Crippen LogP contribution in [0.3, 0.4) is 0 Å². The Kier molecular flexibility index (Phi) is 8.69. The van der Waals surface area contributed by atoms with Crippen LogP contribution in [0.2, 0.25) is 0 Å². The molecule has 0 saturated carbocycles. The van der Waals surface area contributed by atoms with E-state index < -0.39 is 6.36 Å². The maximum atomic E-state index is 12.7. The van der Waals surface area contributed by atoms with Crippen LogP contribution in [-0.2, 0) is 22.6 Å². The number of rotatable bonds is 10. The van der Waals surface area contributed by atoms with Crippen molar-refractivity contribution in [1.29, 1.82) is 5.26 Å². The highest BCUT2D eigenvalue weighted by molar-refractivity contribution is 5.93. The number of anilines is 1. The minimum Gasteiger partial charge on any atom is -0.405 e. The van der Waals surface area contributed by atoms with E-state index in [0.29, 0.717) is 36.5 Å². The Bertz CT molecular complexity index is 980. The molecule has 0 fully saturated rings. The summed E-state index contributed by atoms with van der Waals surface area (Å²) in [6.07, 6.45) is -4.10. The van der Waals surface area contributed by atoms with Gasteiger partial charge < -0.3 is 19.4 Å². The van der Waals surface area contributed by atoms with Crippen molar-refractivity contribution in [3.63, 3.8) is 0 Å². The van der Waals surface area contributed by atoms with Crippen molar-refractivity contribution in [2.24, 2.45) is 0 Å². The number of aromatic nitrogens is 1. The summed E-state index contributed by atoms with van der Waals surface area (Å²) in [5, 5.41) is 12.4. The summed E-state index contributed by atoms with van der Waals surface area (Å²) in [6.45, 7) is 4.77. The maximum Gasteiger partial charge on any atom is 0.573 e. The SMILES string of the molecule is COCCCn1c(C)c(C)c(C#N)c1NC(=O)CN(C)Cc1ccccc1OC(F)(F)F. The van der Waals surface area contributed by atoms with Crippen LogP contribution in [-0.4, -0.2) is 49.0 Å². The number of nitrogens with one attached hydrogen (secondary N) is 1. The number of benzene rings is 1. The fourth-order valence-corrected chi connectivity index (χ4v) is 3.40. The first-order valence-corrected chi connectivity index (χ1v) is 9.98. The smallest absolute Gasteiger partial charge is 0.405 e. The number of likely N-dealkylation sites (N-methyl/N-ethyl adjacent to an activating group) is 1. The molecule has 174 valence electrons. The summed E-state index contributed by atoms with van der Waals surface area (Å²) in [6, 6.07) is 7.93. The van der Waals surface area contributed by atoms with Crippen molar-refractivity contribution < 1.29 is 27.4 Å². The Hall–Kier alpha value is -3.03. The van der Waals surface area contributed by atoms with E-state index in [-0.39, 0.29) is 24.7 Å². The normalized spacial score (nSPS) is 11.5. The number of ether oxygens (including phenoxy) is 2. The lowest BCUT2D eigenvalue weighted by Gasteiger charge is -2.20. The molecule has 1 amide bonds. The lowest BCUT2D eigenvalue weighted by molar-refractivity contribution is -0.275. The van der Waals surface area contributed by atoms with Gasteiger partial charge in [0.15, 0.2) is 0 Å². The molecule has 2 aromatic rings. The van der Waals surface area contributed by atoms with Gasteiger partial charge in [-0.1, -0.05) is 18.2 Å². The zero-order valence-corrected chi connectivity index (χ0v) is 18.5. The molecule has 32 heavy (non-hydrogen) atoms. The Morgan fingerprint density at radius 3 is 2.59 bits per heavy atom. The van der Waals surface area contributed by atoms with E-state index in [4.69, 9.17) is 4.74 Å². The van der Waals surface area contributed by atoms with E-state index in [9.17, 15) is 23.2 Å². The van der Waals surface area contributed by atoms with Crippen molar-refractivity contribution in [3.8, 4) is 11.8 Å². The van der Waals surface area contributed by atoms with Gasteiger partial charge in [0.25, 0.3) is 0 Å². The number of nitriles is 1. The van der Waals surface area contributed by atoms with Gasteiger partial charge in [-0.25, -0.2) is 0 Å². The van der Waals surface area contributed by atoms with Gasteiger partial charge in [-0.05, 0) is 38.9 Å². The Balaban J connectivity index is 2.12. The molecular formula is C22H27F3N4O3. The van der Waals surface area contributed by atoms with E-state index in [1.807, 2.05) is 18.4 Å². The van der Waals surface area contributed by atoms with E-state index >= 15 is 0 Å². The number of alkyl halides is 3. The first-order valence-electron chi connectivity index (χ1n) is 9.98. The molecule has 0 saturated heterocycles. The molecule has 0 atom stereocenters. The van der Waals surface area contributed by atoms with E-state index in [2.05, 4.69) is 16.1 Å². The number of carbonyl (C=O) groups excluding carboxylic acids is 1. The lowest BCUT2D eigenvalue weighted by Crippen LogP contribution is -2.31. The molecule has 0 spiro atoms. The molecule has 2 rings (SSSR count). The highest BCUT2D eigenvalue weighted by Crippen LogP contribution is 2.28. The topological polar surface area (TPSA) is 79.5 Å². The number of hydrogen-bond donors (Lipinski definition) is 1. The van der Waals surface area contributed by atoms with Crippen LogP contribution in [0.25, 0.3) is 0 Å². The minimum atomic E-state index is -4.80. The van der Waals surface area contributed by atoms with Gasteiger partial charge in [0.05, 0.1) is 12.1 Å². The lowest BCUT2D eigenvalue weighted by atomic mass is 10.2. The molecule has 10 heteroatoms. The second kappa shape index (κ2) is 11.0. The molecule has 7 nitrogen and oxygen atoms in total. The second-order valence-electron chi connectivity index (χ2n) is 7.42. The van der Waals surface area contributed by atoms with Gasteiger partial charge in [-0.3, -0.25) is 9.69 Å². The van der Waals surface area contributed by atoms with Gasteiger partial charge in [0, 0.05) is 38.1 Å². The largest absolute Gasteiger partial charge is 0.573 e. The maximum absolute atomic E-state index is 12.7. The van der Waals surface area contributed by atoms with Gasteiger partial charge in [0.2, 0.25) is 5.91 Å². The zero-order chi connectivity index (χ0) is 23.9. The third-order valence-electron chi connectivity index (χ3n) is 4.98. The summed E-state index contributed by atoms with van der Waals surface area (Å²) >= 11 is 0. The highest BCUT2D eigenvalue weighted by Gasteiger charge is 2.32. The van der Waals surface area contributed by atoms with Gasteiger partial charge in [0.1, 0.15) is 17.6 Å². The van der Waals surface area contributed by atoms with Crippen molar-refractivity contribution in [3.05, 3.63) is 46.6 Å². The predicted octanol–water partition coefficient (Wildman–Crippen LogP) is 3.98. The number of carbonyl (C=O) groups is 1. The molecule has 0 aliphatic heterocycles.